The fourth-order valence-electron chi connectivity index (χ4n) is 4.20. The Morgan fingerprint density at radius 1 is 1.09 bits per heavy atom. The second-order valence-electron chi connectivity index (χ2n) is 9.43. The molecule has 0 saturated heterocycles. The fourth-order valence-corrected chi connectivity index (χ4v) is 4.20. The van der Waals surface area contributed by atoms with Crippen LogP contribution in [0, 0.1) is 10.8 Å². The van der Waals surface area contributed by atoms with Crippen molar-refractivity contribution in [2.75, 3.05) is 5.32 Å². The number of amides is 2. The van der Waals surface area contributed by atoms with Gasteiger partial charge in [0.05, 0.1) is 5.71 Å². The van der Waals surface area contributed by atoms with Gasteiger partial charge in [-0.05, 0) is 71.7 Å². The molecule has 174 valence electrons. The lowest BCUT2D eigenvalue weighted by atomic mass is 9.75. The number of rotatable bonds is 6. The van der Waals surface area contributed by atoms with Crippen molar-refractivity contribution in [1.82, 2.24) is 15.3 Å². The Hall–Kier alpha value is -4.00. The van der Waals surface area contributed by atoms with Gasteiger partial charge in [0, 0.05) is 53.8 Å². The first kappa shape index (κ1) is 23.2. The average molecular weight is 455 g/mol. The van der Waals surface area contributed by atoms with E-state index in [1.807, 2.05) is 42.5 Å². The largest absolute Gasteiger partial charge is 0.402 e. The minimum absolute atomic E-state index is 0.143. The Bertz CT molecular complexity index is 1220. The third kappa shape index (κ3) is 5.67. The highest BCUT2D eigenvalue weighted by Crippen LogP contribution is 2.38. The summed E-state index contributed by atoms with van der Waals surface area (Å²) in [5.74, 6) is 0. The number of anilines is 1. The van der Waals surface area contributed by atoms with Crippen molar-refractivity contribution in [3.8, 4) is 11.1 Å². The molecule has 2 aromatic heterocycles. The number of aromatic nitrogens is 2. The Labute approximate surface area is 200 Å². The third-order valence-corrected chi connectivity index (χ3v) is 6.06. The lowest BCUT2D eigenvalue weighted by Crippen LogP contribution is -2.28. The first-order valence-electron chi connectivity index (χ1n) is 11.4. The van der Waals surface area contributed by atoms with E-state index < -0.39 is 0 Å². The number of hydrogen-bond donors (Lipinski definition) is 4. The van der Waals surface area contributed by atoms with Crippen LogP contribution in [-0.2, 0) is 6.54 Å². The van der Waals surface area contributed by atoms with E-state index in [4.69, 9.17) is 11.1 Å². The predicted molar refractivity (Wildman–Crippen MR) is 135 cm³/mol. The van der Waals surface area contributed by atoms with Crippen LogP contribution in [0.1, 0.15) is 44.2 Å². The molecule has 0 saturated carbocycles. The maximum Gasteiger partial charge on any atom is 0.319 e. The van der Waals surface area contributed by atoms with Crippen LogP contribution in [0.25, 0.3) is 11.1 Å². The lowest BCUT2D eigenvalue weighted by molar-refractivity contribution is 0.251. The highest BCUT2D eigenvalue weighted by molar-refractivity contribution is 6.12. The van der Waals surface area contributed by atoms with E-state index in [2.05, 4.69) is 34.4 Å². The number of nitrogens with zero attached hydrogens (tertiary/aromatic N) is 2. The number of carbonyl (C=O) groups excluding carboxylic acids is 1. The number of allylic oxidation sites excluding steroid dienone is 2. The molecule has 7 heteroatoms. The number of carbonyl (C=O) groups is 1. The molecule has 4 rings (SSSR count). The summed E-state index contributed by atoms with van der Waals surface area (Å²) in [5.41, 5.74) is 12.6. The van der Waals surface area contributed by atoms with Gasteiger partial charge in [0.2, 0.25) is 0 Å². The van der Waals surface area contributed by atoms with Crippen LogP contribution >= 0.6 is 0 Å². The molecule has 1 aromatic carbocycles. The van der Waals surface area contributed by atoms with E-state index in [1.165, 1.54) is 0 Å². The molecule has 0 aliphatic heterocycles. The van der Waals surface area contributed by atoms with Crippen molar-refractivity contribution in [2.45, 2.75) is 39.7 Å². The van der Waals surface area contributed by atoms with Gasteiger partial charge in [0.15, 0.2) is 0 Å². The smallest absolute Gasteiger partial charge is 0.319 e. The zero-order chi connectivity index (χ0) is 24.1. The quantitative estimate of drug-likeness (QED) is 0.380. The topological polar surface area (TPSA) is 117 Å². The summed E-state index contributed by atoms with van der Waals surface area (Å²) in [6, 6.07) is 12.9. The van der Waals surface area contributed by atoms with E-state index in [0.29, 0.717) is 23.5 Å². The van der Waals surface area contributed by atoms with Crippen LogP contribution in [0.3, 0.4) is 0 Å². The Morgan fingerprint density at radius 2 is 1.85 bits per heavy atom. The molecule has 0 fully saturated rings. The Kier molecular flexibility index (Phi) is 6.72. The summed E-state index contributed by atoms with van der Waals surface area (Å²) < 4.78 is 0. The molecule has 0 atom stereocenters. The Balaban J connectivity index is 1.61. The molecule has 1 aliphatic carbocycles. The van der Waals surface area contributed by atoms with Gasteiger partial charge in [-0.25, -0.2) is 4.79 Å². The number of urea groups is 1. The van der Waals surface area contributed by atoms with Crippen molar-refractivity contribution in [2.24, 2.45) is 11.1 Å². The van der Waals surface area contributed by atoms with E-state index in [0.717, 1.165) is 47.2 Å². The SMILES string of the molecule is CC1(C)CCC(C(=N)c2cc(NC(=O)NCc3cccnc3)cc(-c3cccnc3)c2)=C(N)C1. The molecular formula is C27H30N6O. The zero-order valence-electron chi connectivity index (χ0n) is 19.6. The van der Waals surface area contributed by atoms with E-state index in [1.54, 1.807) is 24.8 Å². The third-order valence-electron chi connectivity index (χ3n) is 6.06. The normalized spacial score (nSPS) is 15.0. The molecular weight excluding hydrogens is 424 g/mol. The molecule has 0 bridgehead atoms. The van der Waals surface area contributed by atoms with Gasteiger partial charge in [-0.1, -0.05) is 26.0 Å². The molecule has 34 heavy (non-hydrogen) atoms. The maximum atomic E-state index is 12.6. The summed E-state index contributed by atoms with van der Waals surface area (Å²) in [4.78, 5) is 20.9. The van der Waals surface area contributed by atoms with Gasteiger partial charge in [-0.15, -0.1) is 0 Å². The maximum absolute atomic E-state index is 12.6. The van der Waals surface area contributed by atoms with Crippen LogP contribution in [0.15, 0.2) is 78.5 Å². The number of benzene rings is 1. The minimum atomic E-state index is -0.331. The molecule has 7 nitrogen and oxygen atoms in total. The van der Waals surface area contributed by atoms with Crippen LogP contribution in [-0.4, -0.2) is 21.7 Å². The fraction of sp³-hybridized carbons (Fsp3) is 0.259. The van der Waals surface area contributed by atoms with Crippen LogP contribution in [0.5, 0.6) is 0 Å². The van der Waals surface area contributed by atoms with Crippen molar-refractivity contribution < 1.29 is 4.79 Å². The molecule has 1 aliphatic rings. The molecule has 2 amide bonds. The van der Waals surface area contributed by atoms with Crippen LogP contribution in [0.2, 0.25) is 0 Å². The summed E-state index contributed by atoms with van der Waals surface area (Å²) in [6.45, 7) is 4.77. The molecule has 0 radical (unpaired) electrons. The van der Waals surface area contributed by atoms with Crippen LogP contribution in [0.4, 0.5) is 10.5 Å². The number of nitrogens with two attached hydrogens (primary N) is 1. The van der Waals surface area contributed by atoms with Crippen LogP contribution < -0.4 is 16.4 Å². The first-order valence-corrected chi connectivity index (χ1v) is 11.4. The molecule has 0 spiro atoms. The number of hydrogen-bond acceptors (Lipinski definition) is 5. The monoisotopic (exact) mass is 454 g/mol. The van der Waals surface area contributed by atoms with Crippen molar-refractivity contribution >= 4 is 17.4 Å². The van der Waals surface area contributed by atoms with E-state index in [9.17, 15) is 4.79 Å². The second kappa shape index (κ2) is 9.87. The molecule has 0 unspecified atom stereocenters. The molecule has 2 heterocycles. The minimum Gasteiger partial charge on any atom is -0.402 e. The summed E-state index contributed by atoms with van der Waals surface area (Å²) >= 11 is 0. The van der Waals surface area contributed by atoms with E-state index >= 15 is 0 Å². The van der Waals surface area contributed by atoms with Gasteiger partial charge in [-0.2, -0.15) is 0 Å². The Morgan fingerprint density at radius 3 is 2.53 bits per heavy atom. The van der Waals surface area contributed by atoms with Gasteiger partial charge >= 0.3 is 6.03 Å². The second-order valence-corrected chi connectivity index (χ2v) is 9.43. The lowest BCUT2D eigenvalue weighted by Gasteiger charge is -2.32. The summed E-state index contributed by atoms with van der Waals surface area (Å²) in [5, 5.41) is 14.7. The van der Waals surface area contributed by atoms with Crippen molar-refractivity contribution in [3.05, 3.63) is 89.6 Å². The van der Waals surface area contributed by atoms with Crippen molar-refractivity contribution in [1.29, 1.82) is 5.41 Å². The standard InChI is InChI=1S/C27H30N6O/c1-27(2)8-7-23(24(28)14-27)25(29)21-11-20(19-6-4-10-31-17-19)12-22(13-21)33-26(34)32-16-18-5-3-9-30-15-18/h3-6,9-13,15,17,29H,7-8,14,16,28H2,1-2H3,(H2,32,33,34). The predicted octanol–water partition coefficient (Wildman–Crippen LogP) is 5.26. The highest BCUT2D eigenvalue weighted by atomic mass is 16.2. The van der Waals surface area contributed by atoms with Crippen molar-refractivity contribution in [3.63, 3.8) is 0 Å². The van der Waals surface area contributed by atoms with E-state index in [-0.39, 0.29) is 11.4 Å². The van der Waals surface area contributed by atoms with Gasteiger partial charge in [0.25, 0.3) is 0 Å². The molecule has 3 aromatic rings. The average Bonchev–Trinajstić information content (AvgIpc) is 2.83. The van der Waals surface area contributed by atoms with Gasteiger partial charge in [0.1, 0.15) is 0 Å². The first-order chi connectivity index (χ1) is 16.3. The number of pyridine rings is 2. The van der Waals surface area contributed by atoms with Gasteiger partial charge < -0.3 is 16.4 Å². The van der Waals surface area contributed by atoms with Gasteiger partial charge in [-0.3, -0.25) is 15.4 Å². The number of nitrogens with one attached hydrogen (secondary N) is 3. The molecule has 5 N–H and O–H groups in total. The zero-order valence-corrected chi connectivity index (χ0v) is 19.6. The highest BCUT2D eigenvalue weighted by Gasteiger charge is 2.28. The summed E-state index contributed by atoms with van der Waals surface area (Å²) in [7, 11) is 0. The summed E-state index contributed by atoms with van der Waals surface area (Å²) in [6.07, 6.45) is 9.42.